The molecule has 0 spiro atoms. The standard InChI is InChI=1S/C6H3N3O5S.Na/c7-8-5-2-1-4(9(10)11)3-6(5)15(12,13)14;/h1-3H;/q;+1. The van der Waals surface area contributed by atoms with Gasteiger partial charge in [-0.05, 0) is 0 Å². The number of nitro groups is 1. The summed E-state index contributed by atoms with van der Waals surface area (Å²) in [6.07, 6.45) is 0. The number of non-ortho nitro benzene ring substituents is 1. The Morgan fingerprint density at radius 1 is 1.38 bits per heavy atom. The number of diazo groups is 1. The van der Waals surface area contributed by atoms with Crippen molar-refractivity contribution in [3.05, 3.63) is 33.3 Å². The van der Waals surface area contributed by atoms with Crippen molar-refractivity contribution >= 4 is 21.5 Å². The second-order valence-electron chi connectivity index (χ2n) is 2.46. The maximum absolute atomic E-state index is 10.6. The number of benzene rings is 1. The van der Waals surface area contributed by atoms with Crippen LogP contribution >= 0.6 is 0 Å². The average Bonchev–Trinajstić information content (AvgIpc) is 2.15. The molecule has 0 saturated carbocycles. The van der Waals surface area contributed by atoms with Crippen LogP contribution in [0.4, 0.5) is 11.4 Å². The fourth-order valence-electron chi connectivity index (χ4n) is 0.899. The summed E-state index contributed by atoms with van der Waals surface area (Å²) in [5.74, 6) is 0. The summed E-state index contributed by atoms with van der Waals surface area (Å²) in [6.45, 7) is 0. The maximum atomic E-state index is 10.6. The molecule has 16 heavy (non-hydrogen) atoms. The summed E-state index contributed by atoms with van der Waals surface area (Å²) < 4.78 is 31.9. The maximum Gasteiger partial charge on any atom is 1.00 e. The molecule has 0 fully saturated rings. The molecule has 8 nitrogen and oxygen atoms in total. The van der Waals surface area contributed by atoms with Crippen molar-refractivity contribution in [2.24, 2.45) is 0 Å². The predicted octanol–water partition coefficient (Wildman–Crippen LogP) is -2.01. The quantitative estimate of drug-likeness (QED) is 0.196. The van der Waals surface area contributed by atoms with Crippen LogP contribution in [-0.4, -0.2) is 17.9 Å². The van der Waals surface area contributed by atoms with E-state index in [1.54, 1.807) is 0 Å². The van der Waals surface area contributed by atoms with Gasteiger partial charge in [0.15, 0.2) is 9.87 Å². The van der Waals surface area contributed by atoms with E-state index in [1.165, 1.54) is 0 Å². The minimum atomic E-state index is -4.91. The average molecular weight is 252 g/mol. The van der Waals surface area contributed by atoms with Gasteiger partial charge >= 0.3 is 35.2 Å². The Bertz CT molecular complexity index is 564. The van der Waals surface area contributed by atoms with Crippen LogP contribution in [0.5, 0.6) is 0 Å². The SMILES string of the molecule is N#[N+]c1ccc([N+](=O)[O-])cc1S(=O)(=O)[O-].[Na+]. The van der Waals surface area contributed by atoms with Gasteiger partial charge in [-0.15, -0.1) is 0 Å². The second kappa shape index (κ2) is 5.33. The molecule has 0 saturated heterocycles. The van der Waals surface area contributed by atoms with Gasteiger partial charge in [0.2, 0.25) is 5.39 Å². The minimum Gasteiger partial charge on any atom is -0.744 e. The van der Waals surface area contributed by atoms with Gasteiger partial charge in [0.05, 0.1) is 4.92 Å². The van der Waals surface area contributed by atoms with Crippen LogP contribution in [0.1, 0.15) is 0 Å². The van der Waals surface area contributed by atoms with Crippen molar-refractivity contribution in [2.45, 2.75) is 4.90 Å². The van der Waals surface area contributed by atoms with Crippen LogP contribution in [0.3, 0.4) is 0 Å². The van der Waals surface area contributed by atoms with E-state index in [-0.39, 0.29) is 29.6 Å². The Labute approximate surface area is 112 Å². The topological polar surface area (TPSA) is 128 Å². The van der Waals surface area contributed by atoms with Crippen molar-refractivity contribution in [2.75, 3.05) is 0 Å². The van der Waals surface area contributed by atoms with E-state index in [2.05, 4.69) is 4.98 Å². The molecule has 1 aromatic carbocycles. The molecule has 0 amide bonds. The van der Waals surface area contributed by atoms with E-state index in [0.29, 0.717) is 6.07 Å². The van der Waals surface area contributed by atoms with Gasteiger partial charge in [0.25, 0.3) is 5.69 Å². The first-order chi connectivity index (χ1) is 6.86. The van der Waals surface area contributed by atoms with E-state index in [1.807, 2.05) is 0 Å². The molecule has 0 aliphatic heterocycles. The third kappa shape index (κ3) is 3.22. The van der Waals surface area contributed by atoms with Gasteiger partial charge in [0, 0.05) is 18.2 Å². The molecule has 1 aromatic rings. The van der Waals surface area contributed by atoms with Crippen LogP contribution < -0.4 is 29.6 Å². The van der Waals surface area contributed by atoms with Gasteiger partial charge < -0.3 is 4.55 Å². The second-order valence-corrected chi connectivity index (χ2v) is 3.81. The van der Waals surface area contributed by atoms with Crippen LogP contribution in [0.2, 0.25) is 0 Å². The first kappa shape index (κ1) is 14.9. The Morgan fingerprint density at radius 2 is 1.94 bits per heavy atom. The van der Waals surface area contributed by atoms with Crippen molar-refractivity contribution < 1.29 is 47.5 Å². The fourth-order valence-corrected chi connectivity index (χ4v) is 1.53. The predicted molar refractivity (Wildman–Crippen MR) is 45.8 cm³/mol. The summed E-state index contributed by atoms with van der Waals surface area (Å²) in [5, 5.41) is 18.7. The van der Waals surface area contributed by atoms with Crippen molar-refractivity contribution in [3.8, 4) is 0 Å². The molecule has 0 bridgehead atoms. The van der Waals surface area contributed by atoms with E-state index in [9.17, 15) is 23.1 Å². The van der Waals surface area contributed by atoms with E-state index in [0.717, 1.165) is 12.1 Å². The summed E-state index contributed by atoms with van der Waals surface area (Å²) >= 11 is 0. The molecule has 0 aliphatic rings. The molecular weight excluding hydrogens is 249 g/mol. The molecule has 0 aromatic heterocycles. The summed E-state index contributed by atoms with van der Waals surface area (Å²) in [7, 11) is -4.91. The van der Waals surface area contributed by atoms with Gasteiger partial charge in [0.1, 0.15) is 10.1 Å². The molecule has 1 rings (SSSR count). The third-order valence-corrected chi connectivity index (χ3v) is 2.40. The summed E-state index contributed by atoms with van der Waals surface area (Å²) in [6, 6.07) is 2.32. The first-order valence-electron chi connectivity index (χ1n) is 3.45. The number of rotatable bonds is 2. The molecule has 0 aliphatic carbocycles. The molecular formula is C6H3N3NaO5S+. The van der Waals surface area contributed by atoms with Crippen LogP contribution in [0.25, 0.3) is 4.98 Å². The van der Waals surface area contributed by atoms with Gasteiger partial charge in [-0.25, -0.2) is 8.42 Å². The molecule has 0 unspecified atom stereocenters. The third-order valence-electron chi connectivity index (χ3n) is 1.53. The zero-order valence-corrected chi connectivity index (χ0v) is 10.8. The Morgan fingerprint density at radius 3 is 2.31 bits per heavy atom. The zero-order chi connectivity index (χ0) is 11.6. The van der Waals surface area contributed by atoms with Crippen LogP contribution in [0.15, 0.2) is 23.1 Å². The van der Waals surface area contributed by atoms with Crippen LogP contribution in [0, 0.1) is 15.5 Å². The fraction of sp³-hybridized carbons (Fsp3) is 0. The normalized spacial score (nSPS) is 10.0. The van der Waals surface area contributed by atoms with Gasteiger partial charge in [-0.1, -0.05) is 0 Å². The molecule has 0 heterocycles. The van der Waals surface area contributed by atoms with Crippen molar-refractivity contribution in [1.29, 1.82) is 5.39 Å². The molecule has 0 atom stereocenters. The Balaban J connectivity index is 0.00000225. The minimum absolute atomic E-state index is 0. The number of nitrogens with zero attached hydrogens (tertiary/aromatic N) is 3. The summed E-state index contributed by atoms with van der Waals surface area (Å²) in [5.41, 5.74) is -1.10. The van der Waals surface area contributed by atoms with E-state index >= 15 is 0 Å². The largest absolute Gasteiger partial charge is 1.00 e. The smallest absolute Gasteiger partial charge is 0.744 e. The van der Waals surface area contributed by atoms with Crippen LogP contribution in [-0.2, 0) is 10.1 Å². The summed E-state index contributed by atoms with van der Waals surface area (Å²) in [4.78, 5) is 11.0. The molecule has 0 N–H and O–H groups in total. The Kier molecular flexibility index (Phi) is 4.98. The number of hydrogen-bond donors (Lipinski definition) is 0. The van der Waals surface area contributed by atoms with Crippen molar-refractivity contribution in [1.82, 2.24) is 0 Å². The number of nitro benzene ring substituents is 1. The molecule has 10 heteroatoms. The van der Waals surface area contributed by atoms with E-state index < -0.39 is 31.3 Å². The number of hydrogen-bond acceptors (Lipinski definition) is 6. The Hall–Kier alpha value is -1.05. The van der Waals surface area contributed by atoms with E-state index in [4.69, 9.17) is 5.39 Å². The van der Waals surface area contributed by atoms with Gasteiger partial charge in [-0.3, -0.25) is 10.1 Å². The molecule has 0 radical (unpaired) electrons. The van der Waals surface area contributed by atoms with Gasteiger partial charge in [-0.2, -0.15) is 0 Å². The van der Waals surface area contributed by atoms with Crippen molar-refractivity contribution in [3.63, 3.8) is 0 Å². The monoisotopic (exact) mass is 252 g/mol. The zero-order valence-electron chi connectivity index (χ0n) is 8.02. The molecule has 78 valence electrons. The first-order valence-corrected chi connectivity index (χ1v) is 4.86.